The van der Waals surface area contributed by atoms with Gasteiger partial charge >= 0.3 is 6.36 Å². The first-order chi connectivity index (χ1) is 15.8. The predicted molar refractivity (Wildman–Crippen MR) is 119 cm³/mol. The van der Waals surface area contributed by atoms with E-state index in [0.717, 1.165) is 11.1 Å². The molecular weight excluding hydrogens is 433 g/mol. The van der Waals surface area contributed by atoms with E-state index < -0.39 is 12.4 Å². The van der Waals surface area contributed by atoms with Crippen LogP contribution in [0.15, 0.2) is 82.2 Å². The lowest BCUT2D eigenvalue weighted by atomic mass is 10.0. The molecule has 0 fully saturated rings. The Morgan fingerprint density at radius 1 is 0.939 bits per heavy atom. The van der Waals surface area contributed by atoms with Gasteiger partial charge in [0.15, 0.2) is 5.76 Å². The van der Waals surface area contributed by atoms with E-state index in [4.69, 9.17) is 4.42 Å². The highest BCUT2D eigenvalue weighted by Gasteiger charge is 2.32. The highest BCUT2D eigenvalue weighted by Crippen LogP contribution is 2.37. The minimum Gasteiger partial charge on any atom is -0.452 e. The van der Waals surface area contributed by atoms with Crippen molar-refractivity contribution in [2.45, 2.75) is 19.3 Å². The SMILES string of the molecule is CC1N=C(c2cccc(OC(F)(F)F)c2)c2oc3cc(-c4ccccc4)ccc3c2NC1=O. The number of furan rings is 1. The summed E-state index contributed by atoms with van der Waals surface area (Å²) in [5, 5.41) is 3.52. The average Bonchev–Trinajstić information content (AvgIpc) is 3.08. The number of amides is 1. The Morgan fingerprint density at radius 2 is 1.70 bits per heavy atom. The molecule has 4 aromatic rings. The van der Waals surface area contributed by atoms with Crippen molar-refractivity contribution in [2.24, 2.45) is 4.99 Å². The standard InChI is InChI=1S/C25H17F3N2O3/c1-14-24(31)30-22-19-11-10-16(15-6-3-2-4-7-15)13-20(19)32-23(22)21(29-14)17-8-5-9-18(12-17)33-25(26,27)28/h2-14H,1H3,(H,30,31). The van der Waals surface area contributed by atoms with Gasteiger partial charge < -0.3 is 14.5 Å². The second-order valence-electron chi connectivity index (χ2n) is 7.60. The molecule has 166 valence electrons. The molecule has 5 rings (SSSR count). The van der Waals surface area contributed by atoms with E-state index in [-0.39, 0.29) is 23.1 Å². The Bertz CT molecular complexity index is 1390. The second-order valence-corrected chi connectivity index (χ2v) is 7.60. The number of ether oxygens (including phenoxy) is 1. The minimum atomic E-state index is -4.83. The fourth-order valence-electron chi connectivity index (χ4n) is 3.78. The van der Waals surface area contributed by atoms with Crippen LogP contribution in [0.4, 0.5) is 18.9 Å². The highest BCUT2D eigenvalue weighted by molar-refractivity contribution is 6.22. The summed E-state index contributed by atoms with van der Waals surface area (Å²) in [7, 11) is 0. The van der Waals surface area contributed by atoms with E-state index in [2.05, 4.69) is 15.0 Å². The number of fused-ring (bicyclic) bond motifs is 3. The molecule has 1 aromatic heterocycles. The molecule has 2 heterocycles. The van der Waals surface area contributed by atoms with Crippen LogP contribution in [0.25, 0.3) is 22.1 Å². The van der Waals surface area contributed by atoms with E-state index in [1.165, 1.54) is 18.2 Å². The summed E-state index contributed by atoms with van der Waals surface area (Å²) in [6.07, 6.45) is -4.83. The first kappa shape index (κ1) is 20.8. The number of anilines is 1. The van der Waals surface area contributed by atoms with Crippen molar-refractivity contribution >= 4 is 28.3 Å². The molecule has 0 bridgehead atoms. The number of benzene rings is 3. The molecule has 0 spiro atoms. The van der Waals surface area contributed by atoms with Crippen LogP contribution in [0.3, 0.4) is 0 Å². The first-order valence-corrected chi connectivity index (χ1v) is 10.2. The maximum atomic E-state index is 12.7. The zero-order chi connectivity index (χ0) is 23.2. The Labute approximate surface area is 186 Å². The minimum absolute atomic E-state index is 0.265. The van der Waals surface area contributed by atoms with E-state index in [0.29, 0.717) is 22.2 Å². The quantitative estimate of drug-likeness (QED) is 0.406. The van der Waals surface area contributed by atoms with Crippen LogP contribution in [-0.4, -0.2) is 24.0 Å². The molecule has 1 aliphatic heterocycles. The van der Waals surface area contributed by atoms with Gasteiger partial charge in [-0.15, -0.1) is 13.2 Å². The Morgan fingerprint density at radius 3 is 2.45 bits per heavy atom. The summed E-state index contributed by atoms with van der Waals surface area (Å²) < 4.78 is 48.4. The number of aliphatic imine (C=N–C) groups is 1. The number of nitrogens with one attached hydrogen (secondary N) is 1. The third-order valence-corrected chi connectivity index (χ3v) is 5.30. The summed E-state index contributed by atoms with van der Waals surface area (Å²) >= 11 is 0. The molecule has 1 aliphatic rings. The number of hydrogen-bond donors (Lipinski definition) is 1. The first-order valence-electron chi connectivity index (χ1n) is 10.2. The van der Waals surface area contributed by atoms with Crippen molar-refractivity contribution < 1.29 is 27.1 Å². The monoisotopic (exact) mass is 450 g/mol. The van der Waals surface area contributed by atoms with E-state index in [1.807, 2.05) is 48.5 Å². The smallest absolute Gasteiger partial charge is 0.452 e. The Kier molecular flexibility index (Phi) is 4.92. The molecule has 8 heteroatoms. The third kappa shape index (κ3) is 4.07. The maximum absolute atomic E-state index is 12.7. The molecule has 5 nitrogen and oxygen atoms in total. The lowest BCUT2D eigenvalue weighted by Crippen LogP contribution is -2.22. The fraction of sp³-hybridized carbons (Fsp3) is 0.120. The molecular formula is C25H17F3N2O3. The predicted octanol–water partition coefficient (Wildman–Crippen LogP) is 6.18. The van der Waals surface area contributed by atoms with Gasteiger partial charge in [-0.25, -0.2) is 0 Å². The Balaban J connectivity index is 1.65. The van der Waals surface area contributed by atoms with Gasteiger partial charge in [-0.1, -0.05) is 48.5 Å². The lowest BCUT2D eigenvalue weighted by Gasteiger charge is -2.11. The lowest BCUT2D eigenvalue weighted by molar-refractivity contribution is -0.274. The molecule has 0 radical (unpaired) electrons. The summed E-state index contributed by atoms with van der Waals surface area (Å²) in [5.74, 6) is -0.455. The highest BCUT2D eigenvalue weighted by atomic mass is 19.4. The van der Waals surface area contributed by atoms with Crippen molar-refractivity contribution in [3.05, 3.63) is 84.1 Å². The Hall–Kier alpha value is -4.07. The molecule has 1 unspecified atom stereocenters. The number of rotatable bonds is 3. The van der Waals surface area contributed by atoms with Crippen LogP contribution in [0, 0.1) is 0 Å². The molecule has 3 aromatic carbocycles. The molecule has 0 saturated carbocycles. The molecule has 0 aliphatic carbocycles. The number of carbonyl (C=O) groups excluding carboxylic acids is 1. The van der Waals surface area contributed by atoms with Crippen LogP contribution in [0.1, 0.15) is 18.2 Å². The van der Waals surface area contributed by atoms with Gasteiger partial charge in [-0.05, 0) is 42.3 Å². The van der Waals surface area contributed by atoms with Gasteiger partial charge in [0.1, 0.15) is 23.1 Å². The maximum Gasteiger partial charge on any atom is 0.573 e. The van der Waals surface area contributed by atoms with Gasteiger partial charge in [0.2, 0.25) is 5.91 Å². The summed E-state index contributed by atoms with van der Waals surface area (Å²) in [5.41, 5.74) is 3.47. The topological polar surface area (TPSA) is 63.8 Å². The van der Waals surface area contributed by atoms with Crippen molar-refractivity contribution in [1.82, 2.24) is 0 Å². The van der Waals surface area contributed by atoms with Crippen LogP contribution >= 0.6 is 0 Å². The zero-order valence-electron chi connectivity index (χ0n) is 17.3. The van der Waals surface area contributed by atoms with Gasteiger partial charge in [0.05, 0.1) is 5.69 Å². The van der Waals surface area contributed by atoms with Crippen molar-refractivity contribution in [2.75, 3.05) is 5.32 Å². The number of halogens is 3. The van der Waals surface area contributed by atoms with Gasteiger partial charge in [-0.3, -0.25) is 9.79 Å². The van der Waals surface area contributed by atoms with Crippen LogP contribution < -0.4 is 10.1 Å². The summed E-state index contributed by atoms with van der Waals surface area (Å²) in [4.78, 5) is 17.1. The van der Waals surface area contributed by atoms with E-state index in [1.54, 1.807) is 13.0 Å². The van der Waals surface area contributed by atoms with E-state index in [9.17, 15) is 18.0 Å². The van der Waals surface area contributed by atoms with Gasteiger partial charge in [-0.2, -0.15) is 0 Å². The molecule has 1 amide bonds. The third-order valence-electron chi connectivity index (χ3n) is 5.30. The van der Waals surface area contributed by atoms with Gasteiger partial charge in [0, 0.05) is 10.9 Å². The fourth-order valence-corrected chi connectivity index (χ4v) is 3.78. The van der Waals surface area contributed by atoms with Crippen molar-refractivity contribution in [1.29, 1.82) is 0 Å². The van der Waals surface area contributed by atoms with Gasteiger partial charge in [0.25, 0.3) is 0 Å². The van der Waals surface area contributed by atoms with Crippen LogP contribution in [0.2, 0.25) is 0 Å². The molecule has 33 heavy (non-hydrogen) atoms. The number of alkyl halides is 3. The number of hydrogen-bond acceptors (Lipinski definition) is 4. The normalized spacial score (nSPS) is 16.1. The van der Waals surface area contributed by atoms with E-state index >= 15 is 0 Å². The largest absolute Gasteiger partial charge is 0.573 e. The average molecular weight is 450 g/mol. The molecule has 0 saturated heterocycles. The number of nitrogens with zero attached hydrogens (tertiary/aromatic N) is 1. The van der Waals surface area contributed by atoms with Crippen LogP contribution in [0.5, 0.6) is 5.75 Å². The summed E-state index contributed by atoms with van der Waals surface area (Å²) in [6, 6.07) is 20.0. The molecule has 1 N–H and O–H groups in total. The number of carbonyl (C=O) groups is 1. The van der Waals surface area contributed by atoms with Crippen molar-refractivity contribution in [3.8, 4) is 16.9 Å². The van der Waals surface area contributed by atoms with Crippen molar-refractivity contribution in [3.63, 3.8) is 0 Å². The summed E-state index contributed by atoms with van der Waals surface area (Å²) in [6.45, 7) is 1.60. The second kappa shape index (κ2) is 7.81. The zero-order valence-corrected chi connectivity index (χ0v) is 17.3. The molecule has 1 atom stereocenters. The van der Waals surface area contributed by atoms with Crippen LogP contribution in [-0.2, 0) is 4.79 Å².